The molecule has 1 aliphatic carbocycles. The molecule has 0 saturated heterocycles. The fourth-order valence-electron chi connectivity index (χ4n) is 1.58. The van der Waals surface area contributed by atoms with E-state index in [4.69, 9.17) is 0 Å². The molecule has 19 heavy (non-hydrogen) atoms. The molecule has 0 spiro atoms. The molecule has 0 aromatic carbocycles. The van der Waals surface area contributed by atoms with Crippen LogP contribution >= 0.6 is 0 Å². The molecule has 0 heterocycles. The van der Waals surface area contributed by atoms with Crippen LogP contribution in [0.15, 0.2) is 0 Å². The van der Waals surface area contributed by atoms with Gasteiger partial charge in [0.2, 0.25) is 11.8 Å². The summed E-state index contributed by atoms with van der Waals surface area (Å²) in [6.07, 6.45) is 3.55. The topological polar surface area (TPSA) is 70.2 Å². The third-order valence-corrected chi connectivity index (χ3v) is 3.37. The first-order valence-electron chi connectivity index (χ1n) is 7.28. The number of amides is 2. The van der Waals surface area contributed by atoms with E-state index in [0.717, 1.165) is 19.3 Å². The fraction of sp³-hybridized carbons (Fsp3) is 0.857. The number of hydrogen-bond donors (Lipinski definition) is 3. The summed E-state index contributed by atoms with van der Waals surface area (Å²) in [4.78, 5) is 22.9. The molecule has 5 heteroatoms. The maximum atomic E-state index is 11.6. The minimum Gasteiger partial charge on any atom is -0.353 e. The quantitative estimate of drug-likeness (QED) is 0.542. The lowest BCUT2D eigenvalue weighted by atomic mass is 10.1. The van der Waals surface area contributed by atoms with Gasteiger partial charge in [0.25, 0.3) is 0 Å². The number of rotatable bonds is 9. The van der Waals surface area contributed by atoms with Crippen molar-refractivity contribution in [1.29, 1.82) is 0 Å². The van der Waals surface area contributed by atoms with E-state index in [1.54, 1.807) is 0 Å². The molecular weight excluding hydrogens is 242 g/mol. The van der Waals surface area contributed by atoms with Crippen LogP contribution in [-0.4, -0.2) is 37.0 Å². The van der Waals surface area contributed by atoms with Gasteiger partial charge in [-0.1, -0.05) is 13.8 Å². The Balaban J connectivity index is 1.94. The highest BCUT2D eigenvalue weighted by atomic mass is 16.2. The van der Waals surface area contributed by atoms with E-state index in [2.05, 4.69) is 29.8 Å². The van der Waals surface area contributed by atoms with E-state index in [0.29, 0.717) is 31.5 Å². The zero-order chi connectivity index (χ0) is 14.3. The predicted molar refractivity (Wildman–Crippen MR) is 75.7 cm³/mol. The Kier molecular flexibility index (Phi) is 6.84. The Morgan fingerprint density at radius 1 is 1.16 bits per heavy atom. The molecule has 0 aromatic heterocycles. The van der Waals surface area contributed by atoms with Crippen molar-refractivity contribution in [2.75, 3.05) is 13.1 Å². The van der Waals surface area contributed by atoms with Crippen molar-refractivity contribution in [3.8, 4) is 0 Å². The van der Waals surface area contributed by atoms with Crippen LogP contribution in [0.5, 0.6) is 0 Å². The van der Waals surface area contributed by atoms with Crippen LogP contribution in [0, 0.1) is 5.92 Å². The Labute approximate surface area is 115 Å². The third kappa shape index (κ3) is 7.82. The lowest BCUT2D eigenvalue weighted by Gasteiger charge is -2.17. The summed E-state index contributed by atoms with van der Waals surface area (Å²) in [6, 6.07) is 0.627. The molecular formula is C14H27N3O2. The largest absolute Gasteiger partial charge is 0.353 e. The highest BCUT2D eigenvalue weighted by Gasteiger charge is 2.22. The molecule has 3 N–H and O–H groups in total. The van der Waals surface area contributed by atoms with E-state index in [1.807, 2.05) is 6.92 Å². The zero-order valence-electron chi connectivity index (χ0n) is 12.3. The average Bonchev–Trinajstić information content (AvgIpc) is 3.12. The standard InChI is InChI=1S/C14H27N3O2/c1-10(2)11(3)16-14(19)9-15-8-4-5-13(18)17-12-6-7-12/h10-12,15H,4-9H2,1-3H3,(H,16,19)(H,17,18). The Morgan fingerprint density at radius 2 is 1.84 bits per heavy atom. The molecule has 110 valence electrons. The lowest BCUT2D eigenvalue weighted by molar-refractivity contribution is -0.121. The molecule has 2 amide bonds. The second kappa shape index (κ2) is 8.15. The number of nitrogens with one attached hydrogen (secondary N) is 3. The molecule has 0 bridgehead atoms. The van der Waals surface area contributed by atoms with Gasteiger partial charge in [-0.2, -0.15) is 0 Å². The fourth-order valence-corrected chi connectivity index (χ4v) is 1.58. The van der Waals surface area contributed by atoms with Gasteiger partial charge < -0.3 is 16.0 Å². The average molecular weight is 269 g/mol. The molecule has 1 unspecified atom stereocenters. The highest BCUT2D eigenvalue weighted by Crippen LogP contribution is 2.18. The molecule has 5 nitrogen and oxygen atoms in total. The van der Waals surface area contributed by atoms with Crippen molar-refractivity contribution in [3.05, 3.63) is 0 Å². The Hall–Kier alpha value is -1.10. The molecule has 0 aromatic rings. The number of carbonyl (C=O) groups is 2. The number of carbonyl (C=O) groups excluding carboxylic acids is 2. The van der Waals surface area contributed by atoms with Crippen LogP contribution in [0.3, 0.4) is 0 Å². The molecule has 1 atom stereocenters. The van der Waals surface area contributed by atoms with Gasteiger partial charge >= 0.3 is 0 Å². The van der Waals surface area contributed by atoms with Gasteiger partial charge in [0, 0.05) is 18.5 Å². The summed E-state index contributed by atoms with van der Waals surface area (Å²) in [7, 11) is 0. The van der Waals surface area contributed by atoms with Gasteiger partial charge in [0.05, 0.1) is 6.54 Å². The SMILES string of the molecule is CC(C)C(C)NC(=O)CNCCCC(=O)NC1CC1. The first-order chi connectivity index (χ1) is 8.99. The highest BCUT2D eigenvalue weighted by molar-refractivity contribution is 5.78. The van der Waals surface area contributed by atoms with Crippen molar-refractivity contribution in [2.45, 2.75) is 58.5 Å². The van der Waals surface area contributed by atoms with E-state index in [1.165, 1.54) is 0 Å². The summed E-state index contributed by atoms with van der Waals surface area (Å²) in [5.74, 6) is 0.584. The predicted octanol–water partition coefficient (Wildman–Crippen LogP) is 0.796. The van der Waals surface area contributed by atoms with E-state index in [-0.39, 0.29) is 17.9 Å². The van der Waals surface area contributed by atoms with Gasteiger partial charge in [-0.25, -0.2) is 0 Å². The van der Waals surface area contributed by atoms with Gasteiger partial charge in [-0.05, 0) is 38.6 Å². The van der Waals surface area contributed by atoms with Crippen LogP contribution in [0.25, 0.3) is 0 Å². The van der Waals surface area contributed by atoms with Gasteiger partial charge in [0.15, 0.2) is 0 Å². The maximum absolute atomic E-state index is 11.6. The maximum Gasteiger partial charge on any atom is 0.234 e. The van der Waals surface area contributed by atoms with Gasteiger partial charge in [-0.3, -0.25) is 9.59 Å². The zero-order valence-corrected chi connectivity index (χ0v) is 12.3. The minimum absolute atomic E-state index is 0.0173. The monoisotopic (exact) mass is 269 g/mol. The smallest absolute Gasteiger partial charge is 0.234 e. The van der Waals surface area contributed by atoms with Crippen molar-refractivity contribution in [3.63, 3.8) is 0 Å². The molecule has 1 rings (SSSR count). The lowest BCUT2D eigenvalue weighted by Crippen LogP contribution is -2.41. The van der Waals surface area contributed by atoms with Crippen LogP contribution < -0.4 is 16.0 Å². The third-order valence-electron chi connectivity index (χ3n) is 3.37. The second-order valence-corrected chi connectivity index (χ2v) is 5.72. The van der Waals surface area contributed by atoms with E-state index in [9.17, 15) is 9.59 Å². The van der Waals surface area contributed by atoms with E-state index < -0.39 is 0 Å². The van der Waals surface area contributed by atoms with E-state index >= 15 is 0 Å². The first kappa shape index (κ1) is 16.0. The molecule has 0 aliphatic heterocycles. The summed E-state index contributed by atoms with van der Waals surface area (Å²) >= 11 is 0. The summed E-state index contributed by atoms with van der Waals surface area (Å²) in [5, 5.41) is 8.94. The first-order valence-corrected chi connectivity index (χ1v) is 7.28. The normalized spacial score (nSPS) is 16.2. The van der Waals surface area contributed by atoms with Gasteiger partial charge in [0.1, 0.15) is 0 Å². The van der Waals surface area contributed by atoms with Crippen LogP contribution in [0.1, 0.15) is 46.5 Å². The van der Waals surface area contributed by atoms with Crippen LogP contribution in [-0.2, 0) is 9.59 Å². The molecule has 1 fully saturated rings. The molecule has 1 saturated carbocycles. The van der Waals surface area contributed by atoms with Crippen LogP contribution in [0.4, 0.5) is 0 Å². The molecule has 0 radical (unpaired) electrons. The van der Waals surface area contributed by atoms with Crippen molar-refractivity contribution >= 4 is 11.8 Å². The minimum atomic E-state index is 0.0173. The van der Waals surface area contributed by atoms with Crippen LogP contribution in [0.2, 0.25) is 0 Å². The van der Waals surface area contributed by atoms with Crippen molar-refractivity contribution < 1.29 is 9.59 Å². The summed E-state index contributed by atoms with van der Waals surface area (Å²) in [5.41, 5.74) is 0. The Morgan fingerprint density at radius 3 is 2.42 bits per heavy atom. The van der Waals surface area contributed by atoms with Crippen molar-refractivity contribution in [2.24, 2.45) is 5.92 Å². The molecule has 1 aliphatic rings. The van der Waals surface area contributed by atoms with Gasteiger partial charge in [-0.15, -0.1) is 0 Å². The Bertz CT molecular complexity index is 301. The number of hydrogen-bond acceptors (Lipinski definition) is 3. The second-order valence-electron chi connectivity index (χ2n) is 5.72. The summed E-state index contributed by atoms with van der Waals surface area (Å²) in [6.45, 7) is 7.18. The van der Waals surface area contributed by atoms with Crippen molar-refractivity contribution in [1.82, 2.24) is 16.0 Å². The summed E-state index contributed by atoms with van der Waals surface area (Å²) < 4.78 is 0.